The van der Waals surface area contributed by atoms with E-state index in [0.717, 1.165) is 6.42 Å². The average Bonchev–Trinajstić information content (AvgIpc) is 3.02. The zero-order valence-electron chi connectivity index (χ0n) is 22.5. The van der Waals surface area contributed by atoms with Crippen LogP contribution in [0, 0.1) is 5.92 Å². The van der Waals surface area contributed by atoms with E-state index < -0.39 is 18.4 Å². The Morgan fingerprint density at radius 2 is 1.26 bits per heavy atom. The van der Waals surface area contributed by atoms with Crippen LogP contribution in [-0.2, 0) is 14.2 Å². The second-order valence-corrected chi connectivity index (χ2v) is 20.2. The summed E-state index contributed by atoms with van der Waals surface area (Å²) >= 11 is -3.62. The van der Waals surface area contributed by atoms with Crippen molar-refractivity contribution in [2.75, 3.05) is 26.9 Å². The molecule has 1 heterocycles. The normalized spacial score (nSPS) is 18.8. The zero-order chi connectivity index (χ0) is 26.8. The minimum absolute atomic E-state index is 0.0617. The van der Waals surface area contributed by atoms with Crippen molar-refractivity contribution in [3.8, 4) is 0 Å². The molecule has 5 rings (SSSR count). The van der Waals surface area contributed by atoms with E-state index in [4.69, 9.17) is 14.2 Å². The van der Waals surface area contributed by atoms with Gasteiger partial charge in [-0.1, -0.05) is 0 Å². The van der Waals surface area contributed by atoms with Crippen LogP contribution < -0.4 is 10.7 Å². The molecule has 0 spiro atoms. The molecule has 4 heteroatoms. The van der Waals surface area contributed by atoms with Gasteiger partial charge in [0, 0.05) is 0 Å². The van der Waals surface area contributed by atoms with Crippen LogP contribution in [-0.4, -0.2) is 45.3 Å². The van der Waals surface area contributed by atoms with E-state index >= 15 is 0 Å². The summed E-state index contributed by atoms with van der Waals surface area (Å²) in [6, 6.07) is 44.0. The third kappa shape index (κ3) is 6.38. The molecule has 1 fully saturated rings. The third-order valence-corrected chi connectivity index (χ3v) is 20.4. The Kier molecular flexibility index (Phi) is 9.70. The molecular formula is C35H36O3Sn. The molecule has 4 aromatic rings. The van der Waals surface area contributed by atoms with Crippen LogP contribution in [0.3, 0.4) is 0 Å². The van der Waals surface area contributed by atoms with Gasteiger partial charge in [-0.25, -0.2) is 0 Å². The molecular weight excluding hydrogens is 587 g/mol. The molecule has 0 N–H and O–H groups in total. The van der Waals surface area contributed by atoms with Crippen molar-refractivity contribution >= 4 is 29.1 Å². The summed E-state index contributed by atoms with van der Waals surface area (Å²) in [5, 5.41) is 0. The topological polar surface area (TPSA) is 27.7 Å². The number of benzene rings is 4. The van der Waals surface area contributed by atoms with E-state index in [1.54, 1.807) is 13.4 Å². The first kappa shape index (κ1) is 27.4. The van der Waals surface area contributed by atoms with Crippen molar-refractivity contribution in [1.29, 1.82) is 0 Å². The summed E-state index contributed by atoms with van der Waals surface area (Å²) < 4.78 is 24.8. The molecule has 0 bridgehead atoms. The van der Waals surface area contributed by atoms with Gasteiger partial charge in [-0.2, -0.15) is 0 Å². The number of ether oxygens (including phenoxy) is 3. The van der Waals surface area contributed by atoms with E-state index in [-0.39, 0.29) is 12.0 Å². The molecule has 1 aliphatic rings. The predicted molar refractivity (Wildman–Crippen MR) is 162 cm³/mol. The van der Waals surface area contributed by atoms with Crippen LogP contribution >= 0.6 is 0 Å². The number of hydrogen-bond donors (Lipinski definition) is 0. The van der Waals surface area contributed by atoms with Crippen LogP contribution in [0.2, 0.25) is 0 Å². The molecule has 2 atom stereocenters. The molecule has 1 aliphatic heterocycles. The summed E-state index contributed by atoms with van der Waals surface area (Å²) in [4.78, 5) is 0. The van der Waals surface area contributed by atoms with E-state index in [0.29, 0.717) is 19.8 Å². The molecule has 0 aromatic heterocycles. The molecule has 198 valence electrons. The Balaban J connectivity index is 1.68. The van der Waals surface area contributed by atoms with Crippen LogP contribution in [0.1, 0.15) is 18.1 Å². The van der Waals surface area contributed by atoms with Crippen molar-refractivity contribution in [2.24, 2.45) is 5.92 Å². The van der Waals surface area contributed by atoms with Gasteiger partial charge in [-0.3, -0.25) is 0 Å². The van der Waals surface area contributed by atoms with E-state index in [1.165, 1.54) is 21.9 Å². The summed E-state index contributed by atoms with van der Waals surface area (Å²) in [6.07, 6.45) is 4.50. The average molecular weight is 623 g/mol. The van der Waals surface area contributed by atoms with Crippen LogP contribution in [0.4, 0.5) is 0 Å². The van der Waals surface area contributed by atoms with Gasteiger partial charge in [0.05, 0.1) is 0 Å². The van der Waals surface area contributed by atoms with Crippen molar-refractivity contribution in [3.63, 3.8) is 0 Å². The Labute approximate surface area is 236 Å². The Bertz CT molecular complexity index is 1240. The first-order valence-electron chi connectivity index (χ1n) is 13.6. The molecule has 0 amide bonds. The van der Waals surface area contributed by atoms with Gasteiger partial charge in [0.2, 0.25) is 0 Å². The SMILES string of the molecule is COC/C=C/OC[C@H]1/C(=[CH]/[Sn]([c]2ccccc2)([c]2ccccc2)[c]2ccccc2)CCO[C@H]1c1ccccc1. The first-order chi connectivity index (χ1) is 19.3. The van der Waals surface area contributed by atoms with Crippen molar-refractivity contribution in [3.05, 3.63) is 149 Å². The minimum atomic E-state index is -3.62. The second-order valence-electron chi connectivity index (χ2n) is 9.84. The van der Waals surface area contributed by atoms with Gasteiger partial charge in [-0.05, 0) is 0 Å². The Hall–Kier alpha value is -3.12. The van der Waals surface area contributed by atoms with Gasteiger partial charge in [0.25, 0.3) is 0 Å². The molecule has 0 radical (unpaired) electrons. The number of hydrogen-bond acceptors (Lipinski definition) is 3. The summed E-state index contributed by atoms with van der Waals surface area (Å²) in [6.45, 7) is 1.77. The molecule has 0 aliphatic carbocycles. The van der Waals surface area contributed by atoms with Crippen LogP contribution in [0.25, 0.3) is 0 Å². The van der Waals surface area contributed by atoms with Gasteiger partial charge in [0.1, 0.15) is 0 Å². The maximum absolute atomic E-state index is 6.47. The maximum atomic E-state index is 6.47. The Morgan fingerprint density at radius 3 is 1.77 bits per heavy atom. The van der Waals surface area contributed by atoms with Crippen molar-refractivity contribution in [1.82, 2.24) is 0 Å². The third-order valence-electron chi connectivity index (χ3n) is 7.48. The summed E-state index contributed by atoms with van der Waals surface area (Å²) in [5.41, 5.74) is 2.63. The molecule has 1 saturated heterocycles. The Morgan fingerprint density at radius 1 is 0.744 bits per heavy atom. The van der Waals surface area contributed by atoms with Crippen molar-refractivity contribution < 1.29 is 14.2 Å². The van der Waals surface area contributed by atoms with E-state index in [1.807, 2.05) is 6.08 Å². The monoisotopic (exact) mass is 624 g/mol. The van der Waals surface area contributed by atoms with Crippen LogP contribution in [0.5, 0.6) is 0 Å². The summed E-state index contributed by atoms with van der Waals surface area (Å²) in [5.74, 6) is 0.0977. The van der Waals surface area contributed by atoms with Gasteiger partial charge >= 0.3 is 238 Å². The molecule has 39 heavy (non-hydrogen) atoms. The fourth-order valence-corrected chi connectivity index (χ4v) is 18.7. The fourth-order valence-electron chi connectivity index (χ4n) is 5.64. The van der Waals surface area contributed by atoms with Crippen LogP contribution in [0.15, 0.2) is 143 Å². The first-order valence-corrected chi connectivity index (χ1v) is 19.6. The predicted octanol–water partition coefficient (Wildman–Crippen LogP) is 5.58. The summed E-state index contributed by atoms with van der Waals surface area (Å²) in [7, 11) is 1.69. The number of rotatable bonds is 10. The van der Waals surface area contributed by atoms with Gasteiger partial charge in [0.15, 0.2) is 0 Å². The van der Waals surface area contributed by atoms with E-state index in [9.17, 15) is 0 Å². The quantitative estimate of drug-likeness (QED) is 0.171. The number of methoxy groups -OCH3 is 1. The standard InChI is InChI=1S/C17H21O3.3C6H5.Sn/c1-14-9-12-20-17(15-7-4-3-5-8-15)16(14)13-19-11-6-10-18-2;3*1-2-4-6-5-3-1;/h1,3-8,11,16-17H,9-10,12-13H2,2H3;3*1-5H;/b11-6+,14-1?;;;;/t16-,17-;;;;/m0..../s1. The van der Waals surface area contributed by atoms with Gasteiger partial charge in [-0.15, -0.1) is 0 Å². The van der Waals surface area contributed by atoms with E-state index in [2.05, 4.69) is 125 Å². The molecule has 3 nitrogen and oxygen atoms in total. The molecule has 0 saturated carbocycles. The fraction of sp³-hybridized carbons (Fsp3) is 0.200. The van der Waals surface area contributed by atoms with Crippen molar-refractivity contribution in [2.45, 2.75) is 12.5 Å². The zero-order valence-corrected chi connectivity index (χ0v) is 25.3. The van der Waals surface area contributed by atoms with Gasteiger partial charge < -0.3 is 0 Å². The second kappa shape index (κ2) is 13.8. The molecule has 0 unspecified atom stereocenters. The molecule has 4 aromatic carbocycles.